The third-order valence-corrected chi connectivity index (χ3v) is 14.0. The summed E-state index contributed by atoms with van der Waals surface area (Å²) in [4.78, 5) is 112. The lowest BCUT2D eigenvalue weighted by Crippen LogP contribution is -2.62. The Morgan fingerprint density at radius 1 is 0.494 bits per heavy atom. The maximum atomic E-state index is 15.0. The smallest absolute Gasteiger partial charge is 0.327 e. The van der Waals surface area contributed by atoms with E-state index in [1.165, 1.54) is 19.1 Å². The molecular formula is C57H71N9O11S2. The summed E-state index contributed by atoms with van der Waals surface area (Å²) in [5.74, 6) is -8.41. The van der Waals surface area contributed by atoms with Crippen LogP contribution < -0.4 is 48.7 Å². The number of rotatable bonds is 30. The first-order chi connectivity index (χ1) is 37.8. The van der Waals surface area contributed by atoms with Crippen LogP contribution in [0.1, 0.15) is 61.3 Å². The number of carboxylic acids is 1. The molecule has 22 heteroatoms. The first-order valence-corrected chi connectivity index (χ1v) is 27.1. The standard InChI is InChI=1S/C57H71N9O11S2/c1-33(39-23-22-38-17-9-10-18-40(38)30-39)48(65-54(73)46(29-37-20-24-41(68)25-21-37)62-52(71)44(61-50(69)42(59)31-78)27-35-13-5-3-6-14-35)55(74)60-43(19-11-12-26-58)51(70)66-49(34(2)67)56(75)63-45(28-36-15-7-4-8-16-36)53(72)64-47(32-79)57(76)77/h3-10,13-18,20-25,30,33-34,42-49,67-68,78-79H,11-12,19,26-29,31-32,58-59H2,1-2H3,(H,60,74)(H,61,69)(H,62,71)(H,63,75)(H,64,72)(H,65,73)(H,66,70)(H,76,77)/t33-,34-,42+,43+,44+,45+,46+,47+,48-,49+/m1/s1. The molecule has 0 aliphatic heterocycles. The van der Waals surface area contributed by atoms with Crippen molar-refractivity contribution in [1.82, 2.24) is 37.2 Å². The fourth-order valence-electron chi connectivity index (χ4n) is 8.59. The number of hydrogen-bond donors (Lipinski definition) is 14. The van der Waals surface area contributed by atoms with Crippen molar-refractivity contribution >= 4 is 83.3 Å². The Hall–Kier alpha value is -7.50. The van der Waals surface area contributed by atoms with Gasteiger partial charge in [0.25, 0.3) is 0 Å². The predicted octanol–water partition coefficient (Wildman–Crippen LogP) is 1.55. The van der Waals surface area contributed by atoms with Crippen LogP contribution in [0.4, 0.5) is 0 Å². The van der Waals surface area contributed by atoms with Crippen LogP contribution in [0.2, 0.25) is 0 Å². The van der Waals surface area contributed by atoms with Crippen molar-refractivity contribution in [2.75, 3.05) is 18.1 Å². The van der Waals surface area contributed by atoms with E-state index in [2.05, 4.69) is 62.5 Å². The fraction of sp³-hybridized carbons (Fsp3) is 0.368. The topological polar surface area (TPSA) is 334 Å². The van der Waals surface area contributed by atoms with Crippen molar-refractivity contribution < 1.29 is 53.7 Å². The quantitative estimate of drug-likeness (QED) is 0.0230. The Labute approximate surface area is 469 Å². The van der Waals surface area contributed by atoms with Crippen LogP contribution in [0.5, 0.6) is 5.75 Å². The van der Waals surface area contributed by atoms with E-state index in [-0.39, 0.29) is 49.5 Å². The zero-order chi connectivity index (χ0) is 57.6. The normalized spacial score (nSPS) is 15.0. The average Bonchev–Trinajstić information content (AvgIpc) is 3.45. The molecule has 0 saturated heterocycles. The van der Waals surface area contributed by atoms with Gasteiger partial charge in [0.1, 0.15) is 48.0 Å². The first kappa shape index (κ1) is 62.3. The van der Waals surface area contributed by atoms with Gasteiger partial charge >= 0.3 is 5.97 Å². The van der Waals surface area contributed by atoms with Gasteiger partial charge in [0, 0.05) is 36.7 Å². The molecule has 0 bridgehead atoms. The number of carboxylic acid groups (broad SMARTS) is 1. The monoisotopic (exact) mass is 1120 g/mol. The molecule has 5 rings (SSSR count). The molecule has 0 saturated carbocycles. The van der Waals surface area contributed by atoms with E-state index >= 15 is 4.79 Å². The Balaban J connectivity index is 1.49. The molecule has 20 nitrogen and oxygen atoms in total. The summed E-state index contributed by atoms with van der Waals surface area (Å²) < 4.78 is 0. The van der Waals surface area contributed by atoms with Crippen LogP contribution in [0.25, 0.3) is 10.8 Å². The Morgan fingerprint density at radius 2 is 0.937 bits per heavy atom. The van der Waals surface area contributed by atoms with Gasteiger partial charge < -0.3 is 64.0 Å². The Kier molecular flexibility index (Phi) is 24.6. The summed E-state index contributed by atoms with van der Waals surface area (Å²) in [5, 5.41) is 51.0. The SMILES string of the molecule is C[C@H](c1ccc2ccccc2c1)[C@@H](NC(=O)[C@H](Cc1ccc(O)cc1)NC(=O)[C@H](Cc1ccccc1)NC(=O)[C@@H](N)CS)C(=O)N[C@@H](CCCCN)C(=O)N[C@H](C(=O)N[C@@H](Cc1ccccc1)C(=O)N[C@@H](CS)C(=O)O)[C@@H](C)O. The molecule has 10 atom stereocenters. The van der Waals surface area contributed by atoms with Gasteiger partial charge in [-0.05, 0) is 77.9 Å². The fourth-order valence-corrected chi connectivity index (χ4v) is 9.00. The molecule has 5 aromatic carbocycles. The first-order valence-electron chi connectivity index (χ1n) is 25.9. The van der Waals surface area contributed by atoms with Gasteiger partial charge in [0.15, 0.2) is 0 Å². The number of benzene rings is 5. The summed E-state index contributed by atoms with van der Waals surface area (Å²) >= 11 is 8.17. The Bertz CT molecular complexity index is 2850. The number of hydrogen-bond acceptors (Lipinski definition) is 14. The lowest BCUT2D eigenvalue weighted by Gasteiger charge is -2.31. The molecule has 0 aliphatic carbocycles. The minimum Gasteiger partial charge on any atom is -0.508 e. The number of carbonyl (C=O) groups excluding carboxylic acids is 7. The molecular weight excluding hydrogens is 1050 g/mol. The molecule has 0 heterocycles. The number of aromatic hydroxyl groups is 1. The van der Waals surface area contributed by atoms with Crippen LogP contribution in [0.15, 0.2) is 127 Å². The van der Waals surface area contributed by atoms with Crippen molar-refractivity contribution in [1.29, 1.82) is 0 Å². The third kappa shape index (κ3) is 19.1. The largest absolute Gasteiger partial charge is 0.508 e. The number of thiol groups is 2. The van der Waals surface area contributed by atoms with E-state index in [4.69, 9.17) is 11.5 Å². The van der Waals surface area contributed by atoms with E-state index in [1.54, 1.807) is 85.8 Å². The highest BCUT2D eigenvalue weighted by Gasteiger charge is 2.37. The maximum Gasteiger partial charge on any atom is 0.327 e. The van der Waals surface area contributed by atoms with Gasteiger partial charge in [-0.25, -0.2) is 4.79 Å². The molecule has 0 unspecified atom stereocenters. The average molecular weight is 1120 g/mol. The van der Waals surface area contributed by atoms with Crippen molar-refractivity contribution in [2.45, 2.75) is 113 Å². The molecule has 79 heavy (non-hydrogen) atoms. The van der Waals surface area contributed by atoms with Gasteiger partial charge in [0.05, 0.1) is 12.1 Å². The zero-order valence-electron chi connectivity index (χ0n) is 43.9. The molecule has 422 valence electrons. The minimum atomic E-state index is -1.71. The van der Waals surface area contributed by atoms with E-state index in [0.29, 0.717) is 35.1 Å². The number of carbonyl (C=O) groups is 8. The highest BCUT2D eigenvalue weighted by molar-refractivity contribution is 7.80. The van der Waals surface area contributed by atoms with Crippen LogP contribution in [-0.2, 0) is 57.6 Å². The molecule has 0 aromatic heterocycles. The van der Waals surface area contributed by atoms with Gasteiger partial charge in [-0.15, -0.1) is 0 Å². The van der Waals surface area contributed by atoms with Crippen molar-refractivity contribution in [3.05, 3.63) is 150 Å². The summed E-state index contributed by atoms with van der Waals surface area (Å²) in [5.41, 5.74) is 14.2. The number of nitrogens with one attached hydrogen (secondary N) is 7. The highest BCUT2D eigenvalue weighted by Crippen LogP contribution is 2.25. The number of aliphatic hydroxyl groups is 1. The number of fused-ring (bicyclic) bond motifs is 1. The number of aliphatic hydroxyl groups excluding tert-OH is 1. The second-order valence-corrected chi connectivity index (χ2v) is 20.0. The lowest BCUT2D eigenvalue weighted by atomic mass is 9.90. The van der Waals surface area contributed by atoms with E-state index in [9.17, 15) is 48.9 Å². The number of phenolic OH excluding ortho intramolecular Hbond substituents is 1. The van der Waals surface area contributed by atoms with Crippen LogP contribution in [0, 0.1) is 0 Å². The van der Waals surface area contributed by atoms with Crippen LogP contribution >= 0.6 is 25.3 Å². The zero-order valence-corrected chi connectivity index (χ0v) is 45.7. The van der Waals surface area contributed by atoms with E-state index in [0.717, 1.165) is 10.8 Å². The second kappa shape index (κ2) is 31.2. The number of nitrogens with two attached hydrogens (primary N) is 2. The third-order valence-electron chi connectivity index (χ3n) is 13.2. The predicted molar refractivity (Wildman–Crippen MR) is 306 cm³/mol. The highest BCUT2D eigenvalue weighted by atomic mass is 32.1. The minimum absolute atomic E-state index is 0.00763. The summed E-state index contributed by atoms with van der Waals surface area (Å²) in [6, 6.07) is 25.2. The summed E-state index contributed by atoms with van der Waals surface area (Å²) in [6.07, 6.45) is -1.14. The number of aliphatic carboxylic acids is 1. The lowest BCUT2D eigenvalue weighted by molar-refractivity contribution is -0.141. The molecule has 0 spiro atoms. The van der Waals surface area contributed by atoms with Crippen LogP contribution in [-0.4, -0.2) is 135 Å². The summed E-state index contributed by atoms with van der Waals surface area (Å²) in [6.45, 7) is 3.16. The molecule has 0 radical (unpaired) electrons. The van der Waals surface area contributed by atoms with Crippen molar-refractivity contribution in [3.8, 4) is 5.75 Å². The number of phenols is 1. The van der Waals surface area contributed by atoms with Gasteiger partial charge in [-0.1, -0.05) is 122 Å². The van der Waals surface area contributed by atoms with E-state index < -0.39 is 108 Å². The van der Waals surface area contributed by atoms with Crippen LogP contribution in [0.3, 0.4) is 0 Å². The molecule has 0 aliphatic rings. The maximum absolute atomic E-state index is 15.0. The number of unbranched alkanes of at least 4 members (excludes halogenated alkanes) is 1. The van der Waals surface area contributed by atoms with E-state index in [1.807, 2.05) is 36.4 Å². The molecule has 5 aromatic rings. The summed E-state index contributed by atoms with van der Waals surface area (Å²) in [7, 11) is 0. The van der Waals surface area contributed by atoms with Gasteiger partial charge in [-0.3, -0.25) is 33.6 Å². The van der Waals surface area contributed by atoms with Gasteiger partial charge in [-0.2, -0.15) is 25.3 Å². The molecule has 14 N–H and O–H groups in total. The number of amides is 7. The van der Waals surface area contributed by atoms with Crippen molar-refractivity contribution in [3.63, 3.8) is 0 Å². The van der Waals surface area contributed by atoms with Gasteiger partial charge in [0.2, 0.25) is 41.4 Å². The Morgan fingerprint density at radius 3 is 1.46 bits per heavy atom. The molecule has 0 fully saturated rings. The van der Waals surface area contributed by atoms with Crippen molar-refractivity contribution in [2.24, 2.45) is 11.5 Å². The second-order valence-electron chi connectivity index (χ2n) is 19.3. The molecule has 7 amide bonds.